The van der Waals surface area contributed by atoms with Gasteiger partial charge in [-0.1, -0.05) is 0 Å². The van der Waals surface area contributed by atoms with Gasteiger partial charge in [0.05, 0.1) is 12.6 Å². The average Bonchev–Trinajstić information content (AvgIpc) is 2.87. The molecular formula is C13H17F2N3O2. The van der Waals surface area contributed by atoms with Crippen molar-refractivity contribution in [2.45, 2.75) is 39.7 Å². The molecule has 0 unspecified atom stereocenters. The predicted octanol–water partition coefficient (Wildman–Crippen LogP) is 2.28. The first kappa shape index (κ1) is 14.8. The molecule has 0 N–H and O–H groups in total. The van der Waals surface area contributed by atoms with Gasteiger partial charge >= 0.3 is 0 Å². The highest BCUT2D eigenvalue weighted by Crippen LogP contribution is 2.36. The molecule has 0 radical (unpaired) electrons. The van der Waals surface area contributed by atoms with Gasteiger partial charge in [-0.15, -0.1) is 0 Å². The smallest absolute Gasteiger partial charge is 0.258 e. The van der Waals surface area contributed by atoms with Crippen molar-refractivity contribution >= 4 is 5.91 Å². The summed E-state index contributed by atoms with van der Waals surface area (Å²) in [5.74, 6) is -0.117. The highest BCUT2D eigenvalue weighted by molar-refractivity contribution is 5.82. The average molecular weight is 285 g/mol. The number of aryl methyl sites for hydroxylation is 1. The van der Waals surface area contributed by atoms with Crippen molar-refractivity contribution in [2.24, 2.45) is 5.41 Å². The Hall–Kier alpha value is -1.63. The summed E-state index contributed by atoms with van der Waals surface area (Å²) >= 11 is 0. The van der Waals surface area contributed by atoms with Gasteiger partial charge in [-0.2, -0.15) is 0 Å². The van der Waals surface area contributed by atoms with Gasteiger partial charge in [0.15, 0.2) is 0 Å². The van der Waals surface area contributed by atoms with Crippen LogP contribution in [-0.2, 0) is 9.63 Å². The number of aromatic nitrogens is 2. The minimum atomic E-state index is -2.76. The van der Waals surface area contributed by atoms with Gasteiger partial charge in [-0.05, 0) is 20.8 Å². The zero-order valence-corrected chi connectivity index (χ0v) is 11.6. The molecule has 2 heterocycles. The lowest BCUT2D eigenvalue weighted by Crippen LogP contribution is -2.43. The van der Waals surface area contributed by atoms with Crippen LogP contribution in [0.5, 0.6) is 0 Å². The van der Waals surface area contributed by atoms with E-state index in [1.807, 2.05) is 0 Å². The number of carbonyl (C=O) groups excluding carboxylic acids is 1. The predicted molar refractivity (Wildman–Crippen MR) is 66.7 cm³/mol. The number of hydrogen-bond acceptors (Lipinski definition) is 4. The van der Waals surface area contributed by atoms with Gasteiger partial charge in [0.1, 0.15) is 11.2 Å². The van der Waals surface area contributed by atoms with Gasteiger partial charge in [0.2, 0.25) is 0 Å². The van der Waals surface area contributed by atoms with Crippen LogP contribution in [0.2, 0.25) is 0 Å². The maximum atomic E-state index is 13.0. The lowest BCUT2D eigenvalue weighted by Gasteiger charge is -2.30. The van der Waals surface area contributed by atoms with Crippen LogP contribution in [0.4, 0.5) is 8.78 Å². The highest BCUT2D eigenvalue weighted by atomic mass is 19.3. The molecule has 110 valence electrons. The van der Waals surface area contributed by atoms with Gasteiger partial charge < -0.3 is 0 Å². The summed E-state index contributed by atoms with van der Waals surface area (Å²) in [6.07, 6.45) is 0.973. The summed E-state index contributed by atoms with van der Waals surface area (Å²) in [6.45, 7) is 4.48. The molecule has 1 aromatic heterocycles. The molecule has 1 fully saturated rings. The second kappa shape index (κ2) is 5.40. The Bertz CT molecular complexity index is 491. The molecule has 0 aromatic carbocycles. The van der Waals surface area contributed by atoms with E-state index in [1.54, 1.807) is 19.3 Å². The van der Waals surface area contributed by atoms with Crippen LogP contribution >= 0.6 is 0 Å². The summed E-state index contributed by atoms with van der Waals surface area (Å²) in [5, 5.41) is 1.04. The second-order valence-corrected chi connectivity index (χ2v) is 5.35. The largest absolute Gasteiger partial charge is 0.272 e. The molecule has 1 atom stereocenters. The van der Waals surface area contributed by atoms with E-state index in [1.165, 1.54) is 13.8 Å². The van der Waals surface area contributed by atoms with Crippen LogP contribution in [0.1, 0.15) is 37.7 Å². The van der Waals surface area contributed by atoms with E-state index >= 15 is 0 Å². The minimum Gasteiger partial charge on any atom is -0.272 e. The van der Waals surface area contributed by atoms with E-state index in [0.29, 0.717) is 24.4 Å². The molecule has 1 saturated heterocycles. The molecule has 0 bridgehead atoms. The minimum absolute atomic E-state index is 0.309. The molecule has 1 aromatic rings. The van der Waals surface area contributed by atoms with Crippen LogP contribution in [0.3, 0.4) is 0 Å². The number of carbonyl (C=O) groups is 1. The van der Waals surface area contributed by atoms with Crippen molar-refractivity contribution < 1.29 is 18.4 Å². The third-order valence-electron chi connectivity index (χ3n) is 3.39. The Morgan fingerprint density at radius 2 is 2.05 bits per heavy atom. The lowest BCUT2D eigenvalue weighted by atomic mass is 9.92. The van der Waals surface area contributed by atoms with Crippen molar-refractivity contribution in [1.29, 1.82) is 0 Å². The van der Waals surface area contributed by atoms with Crippen molar-refractivity contribution in [3.63, 3.8) is 0 Å². The van der Waals surface area contributed by atoms with Crippen molar-refractivity contribution in [3.8, 4) is 0 Å². The highest BCUT2D eigenvalue weighted by Gasteiger charge is 2.45. The number of rotatable bonds is 3. The fourth-order valence-electron chi connectivity index (χ4n) is 1.92. The van der Waals surface area contributed by atoms with E-state index in [4.69, 9.17) is 4.84 Å². The number of alkyl halides is 2. The number of nitrogens with zero attached hydrogens (tertiary/aromatic N) is 3. The normalized spacial score (nSPS) is 19.7. The third-order valence-corrected chi connectivity index (χ3v) is 3.39. The Kier molecular flexibility index (Phi) is 3.99. The molecule has 0 aliphatic carbocycles. The van der Waals surface area contributed by atoms with Crippen molar-refractivity contribution in [1.82, 2.24) is 15.0 Å². The number of hydroxylamine groups is 2. The molecule has 1 aliphatic rings. The molecule has 1 aliphatic heterocycles. The van der Waals surface area contributed by atoms with E-state index in [0.717, 1.165) is 5.06 Å². The molecule has 20 heavy (non-hydrogen) atoms. The fraction of sp³-hybridized carbons (Fsp3) is 0.615. The summed E-state index contributed by atoms with van der Waals surface area (Å²) in [5.41, 5.74) is -1.10. The zero-order chi connectivity index (χ0) is 14.9. The summed E-state index contributed by atoms with van der Waals surface area (Å²) < 4.78 is 25.9. The first-order valence-corrected chi connectivity index (χ1v) is 6.37. The van der Waals surface area contributed by atoms with Crippen molar-refractivity contribution in [2.75, 3.05) is 6.61 Å². The number of halogens is 2. The Morgan fingerprint density at radius 1 is 1.45 bits per heavy atom. The van der Waals surface area contributed by atoms with Gasteiger partial charge in [0, 0.05) is 24.4 Å². The first-order valence-electron chi connectivity index (χ1n) is 6.37. The van der Waals surface area contributed by atoms with Crippen LogP contribution in [0.25, 0.3) is 0 Å². The Morgan fingerprint density at radius 3 is 2.60 bits per heavy atom. The monoisotopic (exact) mass is 285 g/mol. The summed E-state index contributed by atoms with van der Waals surface area (Å²) in [7, 11) is 0. The molecule has 1 amide bonds. The van der Waals surface area contributed by atoms with Gasteiger partial charge in [-0.25, -0.2) is 23.8 Å². The molecular weight excluding hydrogens is 268 g/mol. The topological polar surface area (TPSA) is 55.3 Å². The Balaban J connectivity index is 2.23. The van der Waals surface area contributed by atoms with E-state index in [2.05, 4.69) is 9.97 Å². The van der Waals surface area contributed by atoms with Gasteiger partial charge in [-0.3, -0.25) is 9.63 Å². The van der Waals surface area contributed by atoms with Crippen molar-refractivity contribution in [3.05, 3.63) is 23.8 Å². The van der Waals surface area contributed by atoms with Crippen LogP contribution in [0, 0.1) is 12.3 Å². The first-order chi connectivity index (χ1) is 9.34. The summed E-state index contributed by atoms with van der Waals surface area (Å²) in [6, 6.07) is -0.416. The molecule has 2 rings (SSSR count). The molecule has 0 spiro atoms. The van der Waals surface area contributed by atoms with E-state index < -0.39 is 23.8 Å². The van der Waals surface area contributed by atoms with Crippen LogP contribution < -0.4 is 0 Å². The van der Waals surface area contributed by atoms with Gasteiger partial charge in [0.25, 0.3) is 12.3 Å². The maximum Gasteiger partial charge on any atom is 0.258 e. The van der Waals surface area contributed by atoms with Crippen LogP contribution in [-0.4, -0.2) is 34.0 Å². The quantitative estimate of drug-likeness (QED) is 0.855. The third kappa shape index (κ3) is 2.63. The molecule has 0 saturated carbocycles. The molecule has 7 heteroatoms. The number of hydrogen-bond donors (Lipinski definition) is 0. The molecule has 5 nitrogen and oxygen atoms in total. The standard InChI is InChI=1S/C13H17F2N3O2/c1-8-16-6-9(7-17-8)10-4-5-20-18(10)12(19)13(2,3)11(14)15/h6-7,10-11H,4-5H2,1-3H3/t10-/m0/s1. The Labute approximate surface area is 115 Å². The van der Waals surface area contributed by atoms with E-state index in [9.17, 15) is 13.6 Å². The second-order valence-electron chi connectivity index (χ2n) is 5.35. The zero-order valence-electron chi connectivity index (χ0n) is 11.6. The fourth-order valence-corrected chi connectivity index (χ4v) is 1.92. The van der Waals surface area contributed by atoms with Crippen LogP contribution in [0.15, 0.2) is 12.4 Å². The van der Waals surface area contributed by atoms with E-state index in [-0.39, 0.29) is 0 Å². The summed E-state index contributed by atoms with van der Waals surface area (Å²) in [4.78, 5) is 25.6. The number of amides is 1. The lowest BCUT2D eigenvalue weighted by molar-refractivity contribution is -0.194. The SMILES string of the molecule is Cc1ncc([C@@H]2CCON2C(=O)C(C)(C)C(F)F)cn1. The maximum absolute atomic E-state index is 13.0.